The van der Waals surface area contributed by atoms with Crippen LogP contribution >= 0.6 is 12.4 Å². The Morgan fingerprint density at radius 1 is 1.07 bits per heavy atom. The van der Waals surface area contributed by atoms with Gasteiger partial charge in [-0.1, -0.05) is 12.1 Å². The molecular formula is C20H24ClN3O3. The van der Waals surface area contributed by atoms with E-state index in [-0.39, 0.29) is 30.1 Å². The molecule has 27 heavy (non-hydrogen) atoms. The topological polar surface area (TPSA) is 79.5 Å². The van der Waals surface area contributed by atoms with Gasteiger partial charge in [-0.25, -0.2) is 0 Å². The molecule has 2 aromatic rings. The number of hydrogen-bond acceptors (Lipinski definition) is 4. The number of para-hydroxylation sites is 1. The summed E-state index contributed by atoms with van der Waals surface area (Å²) in [5.74, 6) is 0.327. The second-order valence-corrected chi connectivity index (χ2v) is 6.26. The fourth-order valence-corrected chi connectivity index (χ4v) is 2.97. The van der Waals surface area contributed by atoms with Crippen LogP contribution in [0.25, 0.3) is 0 Å². The average Bonchev–Trinajstić information content (AvgIpc) is 2.69. The van der Waals surface area contributed by atoms with Crippen LogP contribution in [0.1, 0.15) is 23.2 Å². The number of carbonyl (C=O) groups excluding carboxylic acids is 2. The Morgan fingerprint density at radius 3 is 2.48 bits per heavy atom. The van der Waals surface area contributed by atoms with E-state index in [1.54, 1.807) is 55.6 Å². The number of hydrogen-bond donors (Lipinski definition) is 3. The molecule has 0 bridgehead atoms. The van der Waals surface area contributed by atoms with Crippen molar-refractivity contribution in [2.45, 2.75) is 12.8 Å². The highest BCUT2D eigenvalue weighted by Crippen LogP contribution is 2.21. The number of piperidine rings is 1. The van der Waals surface area contributed by atoms with E-state index in [1.165, 1.54) is 0 Å². The Labute approximate surface area is 165 Å². The molecule has 0 aromatic heterocycles. The quantitative estimate of drug-likeness (QED) is 0.733. The van der Waals surface area contributed by atoms with Gasteiger partial charge in [-0.15, -0.1) is 12.4 Å². The van der Waals surface area contributed by atoms with E-state index in [2.05, 4.69) is 16.0 Å². The standard InChI is InChI=1S/C20H23N3O3.ClH/c1-26-16-10-8-15(9-11-16)22-20(25)17-6-2-3-7-18(17)23-19(24)14-5-4-12-21-13-14;/h2-3,6-11,14,21H,4-5,12-13H2,1H3,(H,22,25)(H,23,24);1H. The zero-order valence-corrected chi connectivity index (χ0v) is 16.0. The lowest BCUT2D eigenvalue weighted by molar-refractivity contribution is -0.120. The van der Waals surface area contributed by atoms with E-state index in [0.717, 1.165) is 25.1 Å². The van der Waals surface area contributed by atoms with Crippen molar-refractivity contribution in [3.05, 3.63) is 54.1 Å². The SMILES string of the molecule is COc1ccc(NC(=O)c2ccccc2NC(=O)C2CCCNC2)cc1.Cl. The van der Waals surface area contributed by atoms with E-state index in [1.807, 2.05) is 0 Å². The van der Waals surface area contributed by atoms with Gasteiger partial charge >= 0.3 is 0 Å². The van der Waals surface area contributed by atoms with Gasteiger partial charge in [0.25, 0.3) is 5.91 Å². The third-order valence-corrected chi connectivity index (χ3v) is 4.45. The van der Waals surface area contributed by atoms with Gasteiger partial charge in [0, 0.05) is 12.2 Å². The lowest BCUT2D eigenvalue weighted by atomic mass is 9.98. The maximum Gasteiger partial charge on any atom is 0.257 e. The molecule has 1 aliphatic rings. The first-order valence-electron chi connectivity index (χ1n) is 8.73. The number of benzene rings is 2. The summed E-state index contributed by atoms with van der Waals surface area (Å²) in [6, 6.07) is 14.1. The summed E-state index contributed by atoms with van der Waals surface area (Å²) in [5.41, 5.74) is 1.61. The lowest BCUT2D eigenvalue weighted by Gasteiger charge is -2.22. The largest absolute Gasteiger partial charge is 0.497 e. The predicted octanol–water partition coefficient (Wildman–Crippen LogP) is 3.31. The van der Waals surface area contributed by atoms with Crippen LogP contribution in [0, 0.1) is 5.92 Å². The minimum Gasteiger partial charge on any atom is -0.497 e. The van der Waals surface area contributed by atoms with Crippen molar-refractivity contribution in [3.63, 3.8) is 0 Å². The maximum atomic E-state index is 12.6. The fraction of sp³-hybridized carbons (Fsp3) is 0.300. The summed E-state index contributed by atoms with van der Waals surface area (Å²) in [6.45, 7) is 1.62. The number of nitrogens with one attached hydrogen (secondary N) is 3. The third kappa shape index (κ3) is 5.45. The molecule has 1 fully saturated rings. The normalized spacial score (nSPS) is 16.0. The molecule has 0 saturated carbocycles. The molecule has 1 saturated heterocycles. The smallest absolute Gasteiger partial charge is 0.257 e. The zero-order chi connectivity index (χ0) is 18.4. The number of methoxy groups -OCH3 is 1. The summed E-state index contributed by atoms with van der Waals surface area (Å²) in [4.78, 5) is 25.1. The van der Waals surface area contributed by atoms with Crippen LogP contribution in [-0.2, 0) is 4.79 Å². The zero-order valence-electron chi connectivity index (χ0n) is 15.2. The molecule has 0 aliphatic carbocycles. The molecule has 1 unspecified atom stereocenters. The van der Waals surface area contributed by atoms with E-state index < -0.39 is 0 Å². The van der Waals surface area contributed by atoms with Crippen molar-refractivity contribution in [2.24, 2.45) is 5.92 Å². The Bertz CT molecular complexity index is 774. The average molecular weight is 390 g/mol. The molecule has 1 aliphatic heterocycles. The number of halogens is 1. The molecule has 2 amide bonds. The molecule has 1 atom stereocenters. The fourth-order valence-electron chi connectivity index (χ4n) is 2.97. The second-order valence-electron chi connectivity index (χ2n) is 6.26. The van der Waals surface area contributed by atoms with Crippen molar-refractivity contribution in [1.82, 2.24) is 5.32 Å². The first-order chi connectivity index (χ1) is 12.7. The molecule has 3 rings (SSSR count). The van der Waals surface area contributed by atoms with Gasteiger partial charge in [0.1, 0.15) is 5.75 Å². The number of rotatable bonds is 5. The molecule has 144 valence electrons. The van der Waals surface area contributed by atoms with Crippen LogP contribution in [0.3, 0.4) is 0 Å². The molecular weight excluding hydrogens is 366 g/mol. The second kappa shape index (κ2) is 9.94. The van der Waals surface area contributed by atoms with Crippen LogP contribution in [-0.4, -0.2) is 32.0 Å². The van der Waals surface area contributed by atoms with E-state index in [9.17, 15) is 9.59 Å². The van der Waals surface area contributed by atoms with Crippen LogP contribution in [0.5, 0.6) is 5.75 Å². The Balaban J connectivity index is 0.00000261. The summed E-state index contributed by atoms with van der Waals surface area (Å²) in [6.07, 6.45) is 1.84. The first kappa shape index (κ1) is 20.7. The highest BCUT2D eigenvalue weighted by Gasteiger charge is 2.22. The molecule has 3 N–H and O–H groups in total. The third-order valence-electron chi connectivity index (χ3n) is 4.45. The Kier molecular flexibility index (Phi) is 7.64. The predicted molar refractivity (Wildman–Crippen MR) is 109 cm³/mol. The van der Waals surface area contributed by atoms with Gasteiger partial charge in [-0.2, -0.15) is 0 Å². The van der Waals surface area contributed by atoms with Gasteiger partial charge in [0.15, 0.2) is 0 Å². The van der Waals surface area contributed by atoms with E-state index in [4.69, 9.17) is 4.74 Å². The van der Waals surface area contributed by atoms with Gasteiger partial charge in [-0.05, 0) is 55.8 Å². The van der Waals surface area contributed by atoms with Crippen LogP contribution in [0.15, 0.2) is 48.5 Å². The van der Waals surface area contributed by atoms with Crippen molar-refractivity contribution < 1.29 is 14.3 Å². The van der Waals surface area contributed by atoms with Crippen molar-refractivity contribution in [3.8, 4) is 5.75 Å². The summed E-state index contributed by atoms with van der Waals surface area (Å²) < 4.78 is 5.11. The first-order valence-corrected chi connectivity index (χ1v) is 8.73. The minimum absolute atomic E-state index is 0. The number of ether oxygens (including phenoxy) is 1. The van der Waals surface area contributed by atoms with Gasteiger partial charge in [0.2, 0.25) is 5.91 Å². The molecule has 0 radical (unpaired) electrons. The maximum absolute atomic E-state index is 12.6. The number of amides is 2. The summed E-state index contributed by atoms with van der Waals surface area (Å²) >= 11 is 0. The van der Waals surface area contributed by atoms with Gasteiger partial charge in [0.05, 0.1) is 24.3 Å². The van der Waals surface area contributed by atoms with Crippen LogP contribution in [0.4, 0.5) is 11.4 Å². The summed E-state index contributed by atoms with van der Waals surface area (Å²) in [5, 5.41) is 8.98. The Morgan fingerprint density at radius 2 is 1.81 bits per heavy atom. The molecule has 2 aromatic carbocycles. The van der Waals surface area contributed by atoms with Crippen LogP contribution < -0.4 is 20.7 Å². The number of anilines is 2. The monoisotopic (exact) mass is 389 g/mol. The van der Waals surface area contributed by atoms with Crippen LogP contribution in [0.2, 0.25) is 0 Å². The summed E-state index contributed by atoms with van der Waals surface area (Å²) in [7, 11) is 1.59. The lowest BCUT2D eigenvalue weighted by Crippen LogP contribution is -2.37. The molecule has 6 nitrogen and oxygen atoms in total. The van der Waals surface area contributed by atoms with E-state index in [0.29, 0.717) is 23.5 Å². The van der Waals surface area contributed by atoms with Gasteiger partial charge in [-0.3, -0.25) is 9.59 Å². The number of carbonyl (C=O) groups is 2. The highest BCUT2D eigenvalue weighted by atomic mass is 35.5. The minimum atomic E-state index is -0.271. The molecule has 0 spiro atoms. The van der Waals surface area contributed by atoms with Crippen molar-refractivity contribution in [1.29, 1.82) is 0 Å². The van der Waals surface area contributed by atoms with E-state index >= 15 is 0 Å². The highest BCUT2D eigenvalue weighted by molar-refractivity contribution is 6.10. The Hall–Kier alpha value is -2.57. The molecule has 1 heterocycles. The van der Waals surface area contributed by atoms with Crippen molar-refractivity contribution >= 4 is 35.6 Å². The molecule has 7 heteroatoms. The van der Waals surface area contributed by atoms with Gasteiger partial charge < -0.3 is 20.7 Å². The van der Waals surface area contributed by atoms with Crippen molar-refractivity contribution in [2.75, 3.05) is 30.8 Å².